The molecule has 0 fully saturated rings. The number of rotatable bonds is 11. The van der Waals surface area contributed by atoms with Gasteiger partial charge in [0.15, 0.2) is 0 Å². The molecule has 0 aromatic rings. The zero-order valence-electron chi connectivity index (χ0n) is 12.0. The molecule has 0 saturated heterocycles. The van der Waals surface area contributed by atoms with Crippen molar-refractivity contribution in [2.75, 3.05) is 11.5 Å². The van der Waals surface area contributed by atoms with E-state index < -0.39 is 89.1 Å². The Bertz CT molecular complexity index is 632. The van der Waals surface area contributed by atoms with E-state index in [4.69, 9.17) is 9.11 Å². The molecule has 0 rings (SSSR count). The summed E-state index contributed by atoms with van der Waals surface area (Å²) in [5, 5.41) is -22.1. The molecular weight excluding hydrogens is 472 g/mol. The van der Waals surface area contributed by atoms with E-state index >= 15 is 0 Å². The van der Waals surface area contributed by atoms with Crippen LogP contribution in [0.15, 0.2) is 0 Å². The van der Waals surface area contributed by atoms with Gasteiger partial charge in [0, 0.05) is 0 Å². The minimum Gasteiger partial charge on any atom is -0.281 e. The van der Waals surface area contributed by atoms with Crippen LogP contribution in [-0.2, 0) is 20.2 Å². The average Bonchev–Trinajstić information content (AvgIpc) is 2.39. The maximum atomic E-state index is 13.0. The van der Waals surface area contributed by atoms with Crippen LogP contribution < -0.4 is 0 Å². The van der Waals surface area contributed by atoms with Crippen LogP contribution in [0.4, 0.5) is 35.1 Å². The SMILES string of the molecule is O=S(=O)(O)C(F)(F)C(F)(F)SCCCCSC(F)(F)C(F)(F)S(=O)(=O)O. The zero-order valence-corrected chi connectivity index (χ0v) is 15.3. The Balaban J connectivity index is 4.55. The van der Waals surface area contributed by atoms with Gasteiger partial charge < -0.3 is 0 Å². The average molecular weight is 482 g/mol. The summed E-state index contributed by atoms with van der Waals surface area (Å²) >= 11 is -1.85. The fraction of sp³-hybridized carbons (Fsp3) is 1.00. The van der Waals surface area contributed by atoms with Crippen LogP contribution in [0.1, 0.15) is 12.8 Å². The Morgan fingerprint density at radius 1 is 0.615 bits per heavy atom. The minimum atomic E-state index is -6.43. The van der Waals surface area contributed by atoms with Gasteiger partial charge >= 0.3 is 41.3 Å². The van der Waals surface area contributed by atoms with Crippen molar-refractivity contribution < 1.29 is 61.1 Å². The summed E-state index contributed by atoms with van der Waals surface area (Å²) in [6, 6.07) is 0. The van der Waals surface area contributed by atoms with E-state index in [1.54, 1.807) is 0 Å². The van der Waals surface area contributed by atoms with Crippen molar-refractivity contribution in [2.45, 2.75) is 33.9 Å². The predicted octanol–water partition coefficient (Wildman–Crippen LogP) is 3.38. The van der Waals surface area contributed by atoms with Crippen LogP contribution in [0.25, 0.3) is 0 Å². The number of alkyl halides is 8. The molecule has 0 aliphatic carbocycles. The highest BCUT2D eigenvalue weighted by molar-refractivity contribution is 8.01. The molecule has 0 unspecified atom stereocenters. The summed E-state index contributed by atoms with van der Waals surface area (Å²) in [7, 11) is -12.9. The Hall–Kier alpha value is -0.0400. The summed E-state index contributed by atoms with van der Waals surface area (Å²) in [5.74, 6) is -1.86. The van der Waals surface area contributed by atoms with Crippen molar-refractivity contribution in [1.82, 2.24) is 0 Å². The maximum Gasteiger partial charge on any atom is 0.441 e. The van der Waals surface area contributed by atoms with Gasteiger partial charge in [-0.1, -0.05) is 23.5 Å². The normalized spacial score (nSPS) is 15.3. The summed E-state index contributed by atoms with van der Waals surface area (Å²) in [6.07, 6.45) is -1.11. The van der Waals surface area contributed by atoms with Gasteiger partial charge in [0.2, 0.25) is 0 Å². The monoisotopic (exact) mass is 482 g/mol. The number of halogens is 8. The lowest BCUT2D eigenvalue weighted by molar-refractivity contribution is -0.0947. The summed E-state index contributed by atoms with van der Waals surface area (Å²) in [6.45, 7) is 0. The fourth-order valence-corrected chi connectivity index (χ4v) is 4.20. The molecule has 0 aliphatic rings. The zero-order chi connectivity index (χ0) is 21.2. The Kier molecular flexibility index (Phi) is 8.13. The first kappa shape index (κ1) is 26.0. The molecule has 0 atom stereocenters. The number of thioether (sulfide) groups is 2. The van der Waals surface area contributed by atoms with E-state index in [-0.39, 0.29) is 0 Å². The third kappa shape index (κ3) is 5.73. The maximum absolute atomic E-state index is 13.0. The smallest absolute Gasteiger partial charge is 0.281 e. The third-order valence-corrected chi connectivity index (χ3v) is 6.72. The van der Waals surface area contributed by atoms with Crippen molar-refractivity contribution in [1.29, 1.82) is 0 Å². The van der Waals surface area contributed by atoms with Crippen LogP contribution in [0.5, 0.6) is 0 Å². The standard InChI is InChI=1S/C8H10F8O6S4/c9-5(10,7(13,14)25(17,18)19)23-3-1-2-4-24-6(11,12)8(15,16)26(20,21)22/h1-4H2,(H,17,18,19)(H,20,21,22). The summed E-state index contributed by atoms with van der Waals surface area (Å²) < 4.78 is 160. The largest absolute Gasteiger partial charge is 0.441 e. The van der Waals surface area contributed by atoms with Crippen LogP contribution in [0, 0.1) is 0 Å². The molecule has 26 heavy (non-hydrogen) atoms. The van der Waals surface area contributed by atoms with E-state index in [2.05, 4.69) is 0 Å². The van der Waals surface area contributed by atoms with E-state index in [1.165, 1.54) is 0 Å². The fourth-order valence-electron chi connectivity index (χ4n) is 1.07. The third-order valence-electron chi connectivity index (χ3n) is 2.43. The lowest BCUT2D eigenvalue weighted by atomic mass is 10.4. The second-order valence-corrected chi connectivity index (χ2v) is 9.77. The van der Waals surface area contributed by atoms with E-state index in [9.17, 15) is 52.0 Å². The minimum absolute atomic E-state index is 0.553. The molecule has 0 bridgehead atoms. The van der Waals surface area contributed by atoms with Crippen molar-refractivity contribution in [3.8, 4) is 0 Å². The van der Waals surface area contributed by atoms with Crippen molar-refractivity contribution in [3.05, 3.63) is 0 Å². The number of hydrogen-bond acceptors (Lipinski definition) is 6. The lowest BCUT2D eigenvalue weighted by Crippen LogP contribution is -2.44. The van der Waals surface area contributed by atoms with Crippen molar-refractivity contribution >= 4 is 43.8 Å². The Morgan fingerprint density at radius 2 is 0.846 bits per heavy atom. The molecule has 0 aliphatic heterocycles. The predicted molar refractivity (Wildman–Crippen MR) is 77.0 cm³/mol. The van der Waals surface area contributed by atoms with Crippen LogP contribution in [0.3, 0.4) is 0 Å². The summed E-state index contributed by atoms with van der Waals surface area (Å²) in [5.41, 5.74) is 0. The van der Waals surface area contributed by atoms with Crippen molar-refractivity contribution in [3.63, 3.8) is 0 Å². The first-order valence-electron chi connectivity index (χ1n) is 5.94. The highest BCUT2D eigenvalue weighted by atomic mass is 32.2. The quantitative estimate of drug-likeness (QED) is 0.262. The second kappa shape index (κ2) is 8.14. The molecule has 2 N–H and O–H groups in total. The second-order valence-electron chi connectivity index (χ2n) is 4.42. The molecule has 0 heterocycles. The van der Waals surface area contributed by atoms with Crippen molar-refractivity contribution in [2.24, 2.45) is 0 Å². The molecular formula is C8H10F8O6S4. The Morgan fingerprint density at radius 3 is 1.04 bits per heavy atom. The topological polar surface area (TPSA) is 109 Å². The van der Waals surface area contributed by atoms with E-state index in [0.29, 0.717) is 0 Å². The molecule has 6 nitrogen and oxygen atoms in total. The van der Waals surface area contributed by atoms with Crippen LogP contribution in [-0.4, -0.2) is 58.5 Å². The molecule has 18 heteroatoms. The number of unbranched alkanes of at least 4 members (excludes halogenated alkanes) is 1. The molecule has 158 valence electrons. The van der Waals surface area contributed by atoms with Gasteiger partial charge in [0.1, 0.15) is 0 Å². The first-order chi connectivity index (χ1) is 11.2. The molecule has 0 radical (unpaired) electrons. The number of hydrogen-bond donors (Lipinski definition) is 2. The lowest BCUT2D eigenvalue weighted by Gasteiger charge is -2.23. The van der Waals surface area contributed by atoms with Crippen LogP contribution in [0.2, 0.25) is 0 Å². The highest BCUT2D eigenvalue weighted by Gasteiger charge is 2.67. The van der Waals surface area contributed by atoms with Gasteiger partial charge in [-0.3, -0.25) is 9.11 Å². The van der Waals surface area contributed by atoms with Gasteiger partial charge in [-0.15, -0.1) is 0 Å². The van der Waals surface area contributed by atoms with E-state index in [0.717, 1.165) is 0 Å². The molecule has 0 aromatic heterocycles. The van der Waals surface area contributed by atoms with Gasteiger partial charge in [0.05, 0.1) is 0 Å². The van der Waals surface area contributed by atoms with Gasteiger partial charge in [-0.2, -0.15) is 52.0 Å². The summed E-state index contributed by atoms with van der Waals surface area (Å²) in [4.78, 5) is 0. The molecule has 0 spiro atoms. The first-order valence-corrected chi connectivity index (χ1v) is 10.8. The highest BCUT2D eigenvalue weighted by Crippen LogP contribution is 2.47. The van der Waals surface area contributed by atoms with Gasteiger partial charge in [-0.25, -0.2) is 0 Å². The molecule has 0 aromatic carbocycles. The molecule has 0 amide bonds. The van der Waals surface area contributed by atoms with E-state index in [1.807, 2.05) is 0 Å². The van der Waals surface area contributed by atoms with Gasteiger partial charge in [-0.05, 0) is 24.3 Å². The van der Waals surface area contributed by atoms with Crippen LogP contribution >= 0.6 is 23.5 Å². The molecule has 0 saturated carbocycles. The Labute approximate surface area is 150 Å². The van der Waals surface area contributed by atoms with Gasteiger partial charge in [0.25, 0.3) is 0 Å².